The fraction of sp³-hybridized carbons (Fsp3) is 0.800. The average Bonchev–Trinajstić information content (AvgIpc) is 2.28. The number of piperidine rings is 1. The summed E-state index contributed by atoms with van der Waals surface area (Å²) in [7, 11) is 1.33. The number of hydrogen-bond acceptors (Lipinski definition) is 4. The first-order valence-corrected chi connectivity index (χ1v) is 5.38. The Morgan fingerprint density at radius 1 is 1.53 bits per heavy atom. The van der Waals surface area contributed by atoms with Crippen molar-refractivity contribution in [2.75, 3.05) is 26.7 Å². The van der Waals surface area contributed by atoms with Gasteiger partial charge in [0.2, 0.25) is 0 Å². The van der Waals surface area contributed by atoms with Crippen LogP contribution < -0.4 is 5.43 Å². The highest BCUT2D eigenvalue weighted by Crippen LogP contribution is 2.07. The molecule has 1 aliphatic rings. The van der Waals surface area contributed by atoms with E-state index in [0.717, 1.165) is 38.2 Å². The van der Waals surface area contributed by atoms with Crippen LogP contribution in [0.2, 0.25) is 0 Å². The number of hydrazone groups is 1. The summed E-state index contributed by atoms with van der Waals surface area (Å²) in [6.45, 7) is 5.41. The van der Waals surface area contributed by atoms with Gasteiger partial charge < -0.3 is 9.64 Å². The zero-order valence-corrected chi connectivity index (χ0v) is 9.45. The van der Waals surface area contributed by atoms with E-state index in [-0.39, 0.29) is 0 Å². The molecule has 0 aliphatic carbocycles. The van der Waals surface area contributed by atoms with Gasteiger partial charge in [0.1, 0.15) is 0 Å². The molecule has 1 fully saturated rings. The van der Waals surface area contributed by atoms with Crippen LogP contribution in [0, 0.1) is 0 Å². The fourth-order valence-corrected chi connectivity index (χ4v) is 1.63. The Balaban J connectivity index is 2.27. The standard InChI is InChI=1S/C10H19N3O2/c1-3-6-13-7-4-9(5-8-13)11-12-10(14)15-2/h3-8H2,1-2H3,(H,12,14). The average molecular weight is 213 g/mol. The number of carbonyl (C=O) groups is 1. The minimum absolute atomic E-state index is 0.501. The number of amides is 1. The normalized spacial score (nSPS) is 17.3. The van der Waals surface area contributed by atoms with E-state index in [4.69, 9.17) is 0 Å². The third kappa shape index (κ3) is 4.29. The molecule has 1 saturated heterocycles. The molecule has 1 amide bonds. The lowest BCUT2D eigenvalue weighted by atomic mass is 10.1. The smallest absolute Gasteiger partial charge is 0.427 e. The lowest BCUT2D eigenvalue weighted by Gasteiger charge is -2.26. The second-order valence-electron chi connectivity index (χ2n) is 3.62. The molecule has 0 saturated carbocycles. The van der Waals surface area contributed by atoms with Crippen LogP contribution in [0.5, 0.6) is 0 Å². The van der Waals surface area contributed by atoms with Gasteiger partial charge in [0.25, 0.3) is 0 Å². The molecule has 0 spiro atoms. The summed E-state index contributed by atoms with van der Waals surface area (Å²) >= 11 is 0. The molecule has 1 rings (SSSR count). The van der Waals surface area contributed by atoms with Gasteiger partial charge in [-0.3, -0.25) is 0 Å². The molecule has 5 heteroatoms. The maximum absolute atomic E-state index is 10.8. The second kappa shape index (κ2) is 6.40. The van der Waals surface area contributed by atoms with Crippen molar-refractivity contribution in [3.63, 3.8) is 0 Å². The Labute approximate surface area is 90.5 Å². The van der Waals surface area contributed by atoms with Crippen molar-refractivity contribution in [1.29, 1.82) is 0 Å². The molecule has 0 aromatic carbocycles. The van der Waals surface area contributed by atoms with E-state index in [1.54, 1.807) is 0 Å². The summed E-state index contributed by atoms with van der Waals surface area (Å²) in [4.78, 5) is 13.2. The molecule has 1 heterocycles. The van der Waals surface area contributed by atoms with Gasteiger partial charge in [-0.25, -0.2) is 10.2 Å². The molecule has 15 heavy (non-hydrogen) atoms. The molecule has 1 N–H and O–H groups in total. The SMILES string of the molecule is CCCN1CCC(=NNC(=O)OC)CC1. The Bertz CT molecular complexity index is 231. The number of hydrogen-bond donors (Lipinski definition) is 1. The number of carbonyl (C=O) groups excluding carboxylic acids is 1. The van der Waals surface area contributed by atoms with E-state index in [1.165, 1.54) is 13.5 Å². The van der Waals surface area contributed by atoms with Gasteiger partial charge in [0.05, 0.1) is 7.11 Å². The Morgan fingerprint density at radius 3 is 2.73 bits per heavy atom. The van der Waals surface area contributed by atoms with Gasteiger partial charge in [-0.1, -0.05) is 6.92 Å². The summed E-state index contributed by atoms with van der Waals surface area (Å²) in [5, 5.41) is 4.01. The van der Waals surface area contributed by atoms with Crippen molar-refractivity contribution in [1.82, 2.24) is 10.3 Å². The fourth-order valence-electron chi connectivity index (χ4n) is 1.63. The highest BCUT2D eigenvalue weighted by Gasteiger charge is 2.14. The zero-order chi connectivity index (χ0) is 11.1. The maximum atomic E-state index is 10.8. The van der Waals surface area contributed by atoms with E-state index in [2.05, 4.69) is 27.1 Å². The molecule has 0 aromatic heterocycles. The molecule has 1 aliphatic heterocycles. The number of likely N-dealkylation sites (tertiary alicyclic amines) is 1. The molecule has 0 bridgehead atoms. The van der Waals surface area contributed by atoms with E-state index in [0.29, 0.717) is 0 Å². The number of ether oxygens (including phenoxy) is 1. The van der Waals surface area contributed by atoms with Crippen LogP contribution in [0.15, 0.2) is 5.10 Å². The Hall–Kier alpha value is -1.10. The molecule has 0 aromatic rings. The molecule has 0 unspecified atom stereocenters. The van der Waals surface area contributed by atoms with Gasteiger partial charge >= 0.3 is 6.09 Å². The highest BCUT2D eigenvalue weighted by molar-refractivity contribution is 5.86. The number of rotatable bonds is 3. The summed E-state index contributed by atoms with van der Waals surface area (Å²) in [6, 6.07) is 0. The summed E-state index contributed by atoms with van der Waals surface area (Å²) in [5.74, 6) is 0. The van der Waals surface area contributed by atoms with Crippen LogP contribution in [0.3, 0.4) is 0 Å². The van der Waals surface area contributed by atoms with Gasteiger partial charge in [0, 0.05) is 31.6 Å². The van der Waals surface area contributed by atoms with Crippen molar-refractivity contribution in [3.8, 4) is 0 Å². The van der Waals surface area contributed by atoms with E-state index in [9.17, 15) is 4.79 Å². The topological polar surface area (TPSA) is 53.9 Å². The number of methoxy groups -OCH3 is 1. The monoisotopic (exact) mass is 213 g/mol. The lowest BCUT2D eigenvalue weighted by molar-refractivity contribution is 0.171. The third-order valence-electron chi connectivity index (χ3n) is 2.46. The molecular weight excluding hydrogens is 194 g/mol. The van der Waals surface area contributed by atoms with Crippen molar-refractivity contribution >= 4 is 11.8 Å². The van der Waals surface area contributed by atoms with Crippen LogP contribution in [0.25, 0.3) is 0 Å². The largest absolute Gasteiger partial charge is 0.452 e. The molecule has 0 radical (unpaired) electrons. The van der Waals surface area contributed by atoms with Crippen molar-refractivity contribution < 1.29 is 9.53 Å². The quantitative estimate of drug-likeness (QED) is 0.717. The van der Waals surface area contributed by atoms with Crippen LogP contribution >= 0.6 is 0 Å². The first-order chi connectivity index (χ1) is 7.26. The molecule has 86 valence electrons. The van der Waals surface area contributed by atoms with Crippen LogP contribution in [0.1, 0.15) is 26.2 Å². The minimum Gasteiger partial charge on any atom is -0.452 e. The zero-order valence-electron chi connectivity index (χ0n) is 9.45. The highest BCUT2D eigenvalue weighted by atomic mass is 16.5. The maximum Gasteiger partial charge on any atom is 0.427 e. The Kier molecular flexibility index (Phi) is 5.10. The second-order valence-corrected chi connectivity index (χ2v) is 3.62. The van der Waals surface area contributed by atoms with E-state index < -0.39 is 6.09 Å². The van der Waals surface area contributed by atoms with Crippen molar-refractivity contribution in [2.45, 2.75) is 26.2 Å². The molecule has 5 nitrogen and oxygen atoms in total. The van der Waals surface area contributed by atoms with Crippen molar-refractivity contribution in [2.24, 2.45) is 5.10 Å². The van der Waals surface area contributed by atoms with Gasteiger partial charge in [-0.05, 0) is 13.0 Å². The first kappa shape index (κ1) is 12.0. The van der Waals surface area contributed by atoms with E-state index >= 15 is 0 Å². The van der Waals surface area contributed by atoms with Crippen LogP contribution in [0.4, 0.5) is 4.79 Å². The summed E-state index contributed by atoms with van der Waals surface area (Å²) in [5.41, 5.74) is 3.41. The summed E-state index contributed by atoms with van der Waals surface area (Å²) in [6.07, 6.45) is 2.56. The third-order valence-corrected chi connectivity index (χ3v) is 2.46. The summed E-state index contributed by atoms with van der Waals surface area (Å²) < 4.78 is 4.43. The molecule has 0 atom stereocenters. The van der Waals surface area contributed by atoms with Gasteiger partial charge in [0.15, 0.2) is 0 Å². The number of nitrogens with zero attached hydrogens (tertiary/aromatic N) is 2. The Morgan fingerprint density at radius 2 is 2.20 bits per heavy atom. The van der Waals surface area contributed by atoms with E-state index in [1.807, 2.05) is 0 Å². The van der Waals surface area contributed by atoms with Gasteiger partial charge in [-0.15, -0.1) is 0 Å². The first-order valence-electron chi connectivity index (χ1n) is 5.38. The van der Waals surface area contributed by atoms with Crippen LogP contribution in [-0.2, 0) is 4.74 Å². The molecular formula is C10H19N3O2. The minimum atomic E-state index is -0.501. The lowest BCUT2D eigenvalue weighted by Crippen LogP contribution is -2.35. The van der Waals surface area contributed by atoms with Gasteiger partial charge in [-0.2, -0.15) is 5.10 Å². The predicted molar refractivity (Wildman–Crippen MR) is 58.9 cm³/mol. The number of nitrogens with one attached hydrogen (secondary N) is 1. The predicted octanol–water partition coefficient (Wildman–Crippen LogP) is 1.20. The van der Waals surface area contributed by atoms with Crippen molar-refractivity contribution in [3.05, 3.63) is 0 Å². The van der Waals surface area contributed by atoms with Crippen LogP contribution in [-0.4, -0.2) is 43.4 Å².